The van der Waals surface area contributed by atoms with E-state index in [-0.39, 0.29) is 5.91 Å². The van der Waals surface area contributed by atoms with Crippen molar-refractivity contribution in [2.24, 2.45) is 0 Å². The first kappa shape index (κ1) is 14.8. The first-order valence-electron chi connectivity index (χ1n) is 8.36. The fourth-order valence-electron chi connectivity index (χ4n) is 3.33. The summed E-state index contributed by atoms with van der Waals surface area (Å²) in [6.07, 6.45) is 2.51. The van der Waals surface area contributed by atoms with E-state index >= 15 is 0 Å². The summed E-state index contributed by atoms with van der Waals surface area (Å²) in [5.74, 6) is 0.108. The number of aryl methyl sites for hydroxylation is 1. The number of benzene rings is 2. The monoisotopic (exact) mass is 320 g/mol. The molecule has 122 valence electrons. The Kier molecular flexibility index (Phi) is 3.73. The maximum absolute atomic E-state index is 12.4. The average Bonchev–Trinajstić information content (AvgIpc) is 3.24. The fourth-order valence-corrected chi connectivity index (χ4v) is 3.33. The molecular formula is C20H20N2O2. The van der Waals surface area contributed by atoms with E-state index in [9.17, 15) is 4.79 Å². The van der Waals surface area contributed by atoms with Crippen LogP contribution in [-0.2, 0) is 0 Å². The van der Waals surface area contributed by atoms with Crippen LogP contribution in [0.3, 0.4) is 0 Å². The highest BCUT2D eigenvalue weighted by Crippen LogP contribution is 2.27. The molecule has 2 aromatic carbocycles. The Morgan fingerprint density at radius 3 is 2.62 bits per heavy atom. The zero-order valence-electron chi connectivity index (χ0n) is 13.7. The summed E-state index contributed by atoms with van der Waals surface area (Å²) in [5, 5.41) is 3.86. The number of carbonyl (C=O) groups excluding carboxylic acids is 1. The number of hydrogen-bond donors (Lipinski definition) is 1. The summed E-state index contributed by atoms with van der Waals surface area (Å²) >= 11 is 0. The first-order valence-corrected chi connectivity index (χ1v) is 8.36. The number of fused-ring (bicyclic) bond motifs is 1. The molecule has 4 nitrogen and oxygen atoms in total. The SMILES string of the molecule is Cc1cc(NC(=O)c2cc3ccccc3o2)ccc1N1CCCC1. The topological polar surface area (TPSA) is 45.5 Å². The molecule has 4 heteroatoms. The molecule has 1 aromatic heterocycles. The second kappa shape index (κ2) is 6.04. The van der Waals surface area contributed by atoms with Gasteiger partial charge in [-0.3, -0.25) is 4.79 Å². The predicted octanol–water partition coefficient (Wildman–Crippen LogP) is 4.59. The largest absolute Gasteiger partial charge is 0.451 e. The maximum Gasteiger partial charge on any atom is 0.291 e. The van der Waals surface area contributed by atoms with Crippen molar-refractivity contribution in [3.63, 3.8) is 0 Å². The molecule has 0 unspecified atom stereocenters. The minimum atomic E-state index is -0.223. The molecule has 24 heavy (non-hydrogen) atoms. The lowest BCUT2D eigenvalue weighted by Crippen LogP contribution is -2.19. The lowest BCUT2D eigenvalue weighted by Gasteiger charge is -2.20. The van der Waals surface area contributed by atoms with Crippen LogP contribution in [0.2, 0.25) is 0 Å². The highest BCUT2D eigenvalue weighted by molar-refractivity contribution is 6.04. The van der Waals surface area contributed by atoms with Gasteiger partial charge in [-0.2, -0.15) is 0 Å². The van der Waals surface area contributed by atoms with Crippen LogP contribution >= 0.6 is 0 Å². The highest BCUT2D eigenvalue weighted by atomic mass is 16.3. The van der Waals surface area contributed by atoms with Gasteiger partial charge >= 0.3 is 0 Å². The van der Waals surface area contributed by atoms with E-state index in [1.54, 1.807) is 6.07 Å². The molecule has 0 saturated carbocycles. The smallest absolute Gasteiger partial charge is 0.291 e. The highest BCUT2D eigenvalue weighted by Gasteiger charge is 2.16. The number of furan rings is 1. The van der Waals surface area contributed by atoms with Gasteiger partial charge in [0.05, 0.1) is 0 Å². The van der Waals surface area contributed by atoms with Crippen LogP contribution in [0.1, 0.15) is 29.0 Å². The summed E-state index contributed by atoms with van der Waals surface area (Å²) < 4.78 is 5.62. The Balaban J connectivity index is 1.53. The van der Waals surface area contributed by atoms with Gasteiger partial charge in [-0.15, -0.1) is 0 Å². The van der Waals surface area contributed by atoms with Gasteiger partial charge in [0, 0.05) is 29.9 Å². The van der Waals surface area contributed by atoms with Crippen LogP contribution in [0.15, 0.2) is 52.9 Å². The zero-order chi connectivity index (χ0) is 16.5. The first-order chi connectivity index (χ1) is 11.7. The van der Waals surface area contributed by atoms with Crippen molar-refractivity contribution in [2.45, 2.75) is 19.8 Å². The Hall–Kier alpha value is -2.75. The van der Waals surface area contributed by atoms with Crippen LogP contribution < -0.4 is 10.2 Å². The molecule has 4 rings (SSSR count). The minimum Gasteiger partial charge on any atom is -0.451 e. The lowest BCUT2D eigenvalue weighted by molar-refractivity contribution is 0.0998. The van der Waals surface area contributed by atoms with Crippen LogP contribution in [0.4, 0.5) is 11.4 Å². The molecule has 3 aromatic rings. The molecule has 0 aliphatic carbocycles. The van der Waals surface area contributed by atoms with E-state index in [1.807, 2.05) is 36.4 Å². The number of nitrogens with zero attached hydrogens (tertiary/aromatic N) is 1. The summed E-state index contributed by atoms with van der Waals surface area (Å²) in [6.45, 7) is 4.32. The van der Waals surface area contributed by atoms with Gasteiger partial charge in [0.25, 0.3) is 5.91 Å². The molecule has 1 N–H and O–H groups in total. The van der Waals surface area contributed by atoms with Crippen molar-refractivity contribution < 1.29 is 9.21 Å². The van der Waals surface area contributed by atoms with Gasteiger partial charge in [-0.1, -0.05) is 18.2 Å². The molecular weight excluding hydrogens is 300 g/mol. The van der Waals surface area contributed by atoms with Gasteiger partial charge in [0.15, 0.2) is 5.76 Å². The Labute approximate surface area is 141 Å². The summed E-state index contributed by atoms with van der Waals surface area (Å²) in [6, 6.07) is 15.5. The molecule has 1 aliphatic heterocycles. The van der Waals surface area contributed by atoms with Crippen molar-refractivity contribution in [2.75, 3.05) is 23.3 Å². The molecule has 2 heterocycles. The molecule has 1 fully saturated rings. The normalized spacial score (nSPS) is 14.3. The van der Waals surface area contributed by atoms with E-state index < -0.39 is 0 Å². The summed E-state index contributed by atoms with van der Waals surface area (Å²) in [5.41, 5.74) is 3.96. The van der Waals surface area contributed by atoms with Crippen molar-refractivity contribution in [3.8, 4) is 0 Å². The van der Waals surface area contributed by atoms with E-state index in [4.69, 9.17) is 4.42 Å². The minimum absolute atomic E-state index is 0.223. The summed E-state index contributed by atoms with van der Waals surface area (Å²) in [7, 11) is 0. The van der Waals surface area contributed by atoms with Crippen LogP contribution in [0, 0.1) is 6.92 Å². The Morgan fingerprint density at radius 2 is 1.88 bits per heavy atom. The Morgan fingerprint density at radius 1 is 1.08 bits per heavy atom. The van der Waals surface area contributed by atoms with Gasteiger partial charge < -0.3 is 14.6 Å². The van der Waals surface area contributed by atoms with Crippen molar-refractivity contribution in [1.82, 2.24) is 0 Å². The zero-order valence-corrected chi connectivity index (χ0v) is 13.7. The van der Waals surface area contributed by atoms with E-state index in [1.165, 1.54) is 24.1 Å². The lowest BCUT2D eigenvalue weighted by atomic mass is 10.1. The van der Waals surface area contributed by atoms with Crippen molar-refractivity contribution in [1.29, 1.82) is 0 Å². The third-order valence-electron chi connectivity index (χ3n) is 4.55. The maximum atomic E-state index is 12.4. The summed E-state index contributed by atoms with van der Waals surface area (Å²) in [4.78, 5) is 14.8. The van der Waals surface area contributed by atoms with Crippen LogP contribution in [0.25, 0.3) is 11.0 Å². The van der Waals surface area contributed by atoms with Crippen LogP contribution in [0.5, 0.6) is 0 Å². The second-order valence-corrected chi connectivity index (χ2v) is 6.30. The van der Waals surface area contributed by atoms with E-state index in [0.29, 0.717) is 5.76 Å². The standard InChI is InChI=1S/C20H20N2O2/c1-14-12-16(8-9-17(14)22-10-4-5-11-22)21-20(23)19-13-15-6-2-3-7-18(15)24-19/h2-3,6-9,12-13H,4-5,10-11H2,1H3,(H,21,23). The number of para-hydroxylation sites is 1. The number of hydrogen-bond acceptors (Lipinski definition) is 3. The Bertz CT molecular complexity index is 859. The molecule has 0 radical (unpaired) electrons. The molecule has 1 aliphatic rings. The van der Waals surface area contributed by atoms with Gasteiger partial charge in [-0.05, 0) is 55.7 Å². The third kappa shape index (κ3) is 2.75. The van der Waals surface area contributed by atoms with E-state index in [0.717, 1.165) is 29.7 Å². The van der Waals surface area contributed by atoms with Crippen molar-refractivity contribution in [3.05, 3.63) is 59.9 Å². The quantitative estimate of drug-likeness (QED) is 0.767. The molecule has 1 amide bonds. The van der Waals surface area contributed by atoms with Crippen molar-refractivity contribution >= 4 is 28.3 Å². The number of carbonyl (C=O) groups is 1. The molecule has 0 bridgehead atoms. The fraction of sp³-hybridized carbons (Fsp3) is 0.250. The van der Waals surface area contributed by atoms with Crippen LogP contribution in [-0.4, -0.2) is 19.0 Å². The predicted molar refractivity (Wildman–Crippen MR) is 96.8 cm³/mol. The molecule has 0 spiro atoms. The number of amides is 1. The third-order valence-corrected chi connectivity index (χ3v) is 4.55. The number of nitrogens with one attached hydrogen (secondary N) is 1. The molecule has 1 saturated heterocycles. The van der Waals surface area contributed by atoms with Gasteiger partial charge in [0.2, 0.25) is 0 Å². The van der Waals surface area contributed by atoms with Gasteiger partial charge in [0.1, 0.15) is 5.58 Å². The van der Waals surface area contributed by atoms with Gasteiger partial charge in [-0.25, -0.2) is 0 Å². The second-order valence-electron chi connectivity index (χ2n) is 6.30. The van der Waals surface area contributed by atoms with E-state index in [2.05, 4.69) is 23.2 Å². The molecule has 0 atom stereocenters. The average molecular weight is 320 g/mol. The number of anilines is 2. The number of rotatable bonds is 3.